The van der Waals surface area contributed by atoms with Crippen LogP contribution in [-0.4, -0.2) is 9.67 Å². The third-order valence-electron chi connectivity index (χ3n) is 3.54. The number of rotatable bonds is 4. The number of aromatic nitrogens is 1. The fourth-order valence-corrected chi connectivity index (χ4v) is 2.90. The fraction of sp³-hybridized carbons (Fsp3) is 0.111. The molecule has 2 aromatic carbocycles. The summed E-state index contributed by atoms with van der Waals surface area (Å²) in [6.07, 6.45) is -0.624. The molecular weight excluding hydrogens is 326 g/mol. The zero-order valence-corrected chi connectivity index (χ0v) is 13.1. The summed E-state index contributed by atoms with van der Waals surface area (Å²) in [6, 6.07) is 23.9. The van der Waals surface area contributed by atoms with Gasteiger partial charge in [-0.05, 0) is 39.2 Å². The molecule has 0 bridgehead atoms. The second-order valence-corrected chi connectivity index (χ2v) is 5.78. The molecule has 0 amide bonds. The first kappa shape index (κ1) is 14.1. The summed E-state index contributed by atoms with van der Waals surface area (Å²) in [5.41, 5.74) is 2.99. The van der Waals surface area contributed by atoms with E-state index in [0.717, 1.165) is 22.4 Å². The number of hydrogen-bond acceptors (Lipinski definition) is 1. The van der Waals surface area contributed by atoms with E-state index in [1.54, 1.807) is 0 Å². The van der Waals surface area contributed by atoms with Crippen molar-refractivity contribution in [2.75, 3.05) is 0 Å². The average Bonchev–Trinajstić information content (AvgIpc) is 2.90. The van der Waals surface area contributed by atoms with Crippen molar-refractivity contribution in [2.24, 2.45) is 0 Å². The maximum atomic E-state index is 10.6. The van der Waals surface area contributed by atoms with Crippen LogP contribution in [0.2, 0.25) is 0 Å². The maximum Gasteiger partial charge on any atom is 0.119 e. The lowest BCUT2D eigenvalue weighted by Crippen LogP contribution is -2.10. The summed E-state index contributed by atoms with van der Waals surface area (Å²) in [4.78, 5) is 0. The van der Waals surface area contributed by atoms with E-state index < -0.39 is 6.10 Å². The van der Waals surface area contributed by atoms with Crippen LogP contribution in [0.15, 0.2) is 77.4 Å². The van der Waals surface area contributed by atoms with Crippen molar-refractivity contribution in [1.29, 1.82) is 0 Å². The minimum atomic E-state index is -0.624. The molecule has 0 saturated heterocycles. The van der Waals surface area contributed by atoms with Gasteiger partial charge in [-0.2, -0.15) is 0 Å². The van der Waals surface area contributed by atoms with Crippen molar-refractivity contribution in [3.05, 3.63) is 94.2 Å². The van der Waals surface area contributed by atoms with Crippen LogP contribution in [0.5, 0.6) is 0 Å². The first-order chi connectivity index (χ1) is 10.3. The summed E-state index contributed by atoms with van der Waals surface area (Å²) in [5.74, 6) is 0. The van der Waals surface area contributed by atoms with Crippen molar-refractivity contribution in [3.63, 3.8) is 0 Å². The number of aliphatic hydroxyl groups is 1. The summed E-state index contributed by atoms with van der Waals surface area (Å²) < 4.78 is 3.06. The highest BCUT2D eigenvalue weighted by molar-refractivity contribution is 9.10. The van der Waals surface area contributed by atoms with Crippen LogP contribution < -0.4 is 0 Å². The molecule has 1 unspecified atom stereocenters. The van der Waals surface area contributed by atoms with Gasteiger partial charge in [0, 0.05) is 6.54 Å². The Hall–Kier alpha value is -1.84. The largest absolute Gasteiger partial charge is 0.382 e. The quantitative estimate of drug-likeness (QED) is 0.748. The Morgan fingerprint density at radius 2 is 1.48 bits per heavy atom. The van der Waals surface area contributed by atoms with Gasteiger partial charge in [-0.15, -0.1) is 0 Å². The maximum absolute atomic E-state index is 10.6. The highest BCUT2D eigenvalue weighted by Crippen LogP contribution is 2.27. The zero-order chi connectivity index (χ0) is 14.7. The van der Waals surface area contributed by atoms with Gasteiger partial charge in [-0.1, -0.05) is 60.7 Å². The second kappa shape index (κ2) is 6.29. The molecule has 1 atom stereocenters. The third kappa shape index (κ3) is 3.09. The molecule has 2 nitrogen and oxygen atoms in total. The van der Waals surface area contributed by atoms with E-state index in [4.69, 9.17) is 0 Å². The van der Waals surface area contributed by atoms with Crippen molar-refractivity contribution in [3.8, 4) is 0 Å². The molecule has 3 heteroatoms. The second-order valence-electron chi connectivity index (χ2n) is 4.97. The Bertz CT molecular complexity index is 707. The zero-order valence-electron chi connectivity index (χ0n) is 11.5. The van der Waals surface area contributed by atoms with Crippen LogP contribution >= 0.6 is 15.9 Å². The Morgan fingerprint density at radius 3 is 2.14 bits per heavy atom. The fourth-order valence-electron chi connectivity index (χ4n) is 2.44. The Morgan fingerprint density at radius 1 is 0.857 bits per heavy atom. The molecule has 3 rings (SSSR count). The number of benzene rings is 2. The Balaban J connectivity index is 1.94. The van der Waals surface area contributed by atoms with Crippen molar-refractivity contribution >= 4 is 15.9 Å². The SMILES string of the molecule is OC(c1ccccc1)c1ccc(Br)n1Cc1ccccc1. The number of hydrogen-bond donors (Lipinski definition) is 1. The monoisotopic (exact) mass is 341 g/mol. The minimum Gasteiger partial charge on any atom is -0.382 e. The topological polar surface area (TPSA) is 25.2 Å². The summed E-state index contributed by atoms with van der Waals surface area (Å²) in [5, 5.41) is 10.6. The van der Waals surface area contributed by atoms with E-state index in [2.05, 4.69) is 32.6 Å². The first-order valence-electron chi connectivity index (χ1n) is 6.87. The predicted molar refractivity (Wildman–Crippen MR) is 88.2 cm³/mol. The lowest BCUT2D eigenvalue weighted by Gasteiger charge is -2.16. The lowest BCUT2D eigenvalue weighted by atomic mass is 10.1. The van der Waals surface area contributed by atoms with Crippen LogP contribution in [-0.2, 0) is 6.54 Å². The molecule has 0 spiro atoms. The molecule has 0 radical (unpaired) electrons. The smallest absolute Gasteiger partial charge is 0.119 e. The van der Waals surface area contributed by atoms with Crippen molar-refractivity contribution in [2.45, 2.75) is 12.6 Å². The van der Waals surface area contributed by atoms with Crippen LogP contribution in [0.3, 0.4) is 0 Å². The average molecular weight is 342 g/mol. The van der Waals surface area contributed by atoms with E-state index in [0.29, 0.717) is 0 Å². The van der Waals surface area contributed by atoms with Gasteiger partial charge in [0.15, 0.2) is 0 Å². The molecule has 0 aliphatic rings. The lowest BCUT2D eigenvalue weighted by molar-refractivity contribution is 0.210. The van der Waals surface area contributed by atoms with Gasteiger partial charge in [0.2, 0.25) is 0 Å². The van der Waals surface area contributed by atoms with E-state index in [9.17, 15) is 5.11 Å². The number of aliphatic hydroxyl groups excluding tert-OH is 1. The van der Waals surface area contributed by atoms with Gasteiger partial charge in [-0.25, -0.2) is 0 Å². The minimum absolute atomic E-state index is 0.624. The van der Waals surface area contributed by atoms with E-state index in [1.807, 2.05) is 60.7 Å². The summed E-state index contributed by atoms with van der Waals surface area (Å²) >= 11 is 3.57. The van der Waals surface area contributed by atoms with E-state index in [-0.39, 0.29) is 0 Å². The third-order valence-corrected chi connectivity index (χ3v) is 4.23. The van der Waals surface area contributed by atoms with E-state index >= 15 is 0 Å². The molecule has 3 aromatic rings. The van der Waals surface area contributed by atoms with Crippen LogP contribution in [0.25, 0.3) is 0 Å². The Labute approximate surface area is 132 Å². The van der Waals surface area contributed by atoms with Gasteiger partial charge < -0.3 is 9.67 Å². The van der Waals surface area contributed by atoms with Crippen LogP contribution in [0, 0.1) is 0 Å². The van der Waals surface area contributed by atoms with Gasteiger partial charge >= 0.3 is 0 Å². The first-order valence-corrected chi connectivity index (χ1v) is 7.67. The summed E-state index contributed by atoms with van der Waals surface area (Å²) in [6.45, 7) is 0.730. The van der Waals surface area contributed by atoms with Gasteiger partial charge in [0.05, 0.1) is 10.3 Å². The molecule has 21 heavy (non-hydrogen) atoms. The molecule has 1 heterocycles. The highest BCUT2D eigenvalue weighted by Gasteiger charge is 2.16. The van der Waals surface area contributed by atoms with Crippen molar-refractivity contribution < 1.29 is 5.11 Å². The van der Waals surface area contributed by atoms with Crippen LogP contribution in [0.1, 0.15) is 22.9 Å². The number of nitrogens with zero attached hydrogens (tertiary/aromatic N) is 1. The molecule has 106 valence electrons. The number of halogens is 1. The van der Waals surface area contributed by atoms with E-state index in [1.165, 1.54) is 5.56 Å². The molecule has 1 N–H and O–H groups in total. The Kier molecular flexibility index (Phi) is 4.23. The molecule has 0 saturated carbocycles. The molecule has 0 aliphatic heterocycles. The molecule has 1 aromatic heterocycles. The summed E-state index contributed by atoms with van der Waals surface area (Å²) in [7, 11) is 0. The van der Waals surface area contributed by atoms with Gasteiger partial charge in [-0.3, -0.25) is 0 Å². The highest BCUT2D eigenvalue weighted by atomic mass is 79.9. The van der Waals surface area contributed by atoms with Crippen LogP contribution in [0.4, 0.5) is 0 Å². The predicted octanol–water partition coefficient (Wildman–Crippen LogP) is 4.38. The van der Waals surface area contributed by atoms with Gasteiger partial charge in [0.25, 0.3) is 0 Å². The van der Waals surface area contributed by atoms with Gasteiger partial charge in [0.1, 0.15) is 6.10 Å². The standard InChI is InChI=1S/C18H16BrNO/c19-17-12-11-16(18(21)15-9-5-2-6-10-15)20(17)13-14-7-3-1-4-8-14/h1-12,18,21H,13H2. The van der Waals surface area contributed by atoms with Crippen molar-refractivity contribution in [1.82, 2.24) is 4.57 Å². The molecular formula is C18H16BrNO. The molecule has 0 fully saturated rings. The molecule has 0 aliphatic carbocycles. The normalized spacial score (nSPS) is 12.3.